The molecule has 3 N–H and O–H groups in total. The van der Waals surface area contributed by atoms with Gasteiger partial charge >= 0.3 is 6.03 Å². The average Bonchev–Trinajstić information content (AvgIpc) is 3.28. The Bertz CT molecular complexity index is 1180. The number of hydrogen-bond donors (Lipinski definition) is 3. The number of aromatic nitrogens is 3. The van der Waals surface area contributed by atoms with Gasteiger partial charge in [-0.3, -0.25) is 0 Å². The first-order chi connectivity index (χ1) is 21.1. The standard InChI is InChI=1S/C35H65N7O4/c1-13-34(11,16-18-46-35(12)19-25(35)2)40-24-26(37-38-40)15-14-17-39(28-22-32(7,8)42(45)33(9,10)23-28)29(43)36-27-20-30(3,4)41(44)31(5,6)21-27/h24-25,27-28,44-45H,13-23H2,1-12H3,(H,36,43). The molecule has 2 saturated heterocycles. The van der Waals surface area contributed by atoms with Crippen LogP contribution >= 0.6 is 0 Å². The summed E-state index contributed by atoms with van der Waals surface area (Å²) in [6.45, 7) is 26.4. The van der Waals surface area contributed by atoms with E-state index in [2.05, 4.69) is 49.5 Å². The van der Waals surface area contributed by atoms with Crippen molar-refractivity contribution in [3.05, 3.63) is 11.9 Å². The number of rotatable bonds is 12. The average molecular weight is 648 g/mol. The molecule has 1 aromatic rings. The second kappa shape index (κ2) is 12.9. The summed E-state index contributed by atoms with van der Waals surface area (Å²) in [4.78, 5) is 16.1. The lowest BCUT2D eigenvalue weighted by molar-refractivity contribution is -0.250. The summed E-state index contributed by atoms with van der Waals surface area (Å²) in [6.07, 6.45) is 9.10. The van der Waals surface area contributed by atoms with Gasteiger partial charge in [0, 0.05) is 53.6 Å². The first kappa shape index (κ1) is 37.0. The summed E-state index contributed by atoms with van der Waals surface area (Å²) in [5.74, 6) is 0.626. The van der Waals surface area contributed by atoms with E-state index in [1.165, 1.54) is 10.1 Å². The maximum absolute atomic E-state index is 14.1. The number of urea groups is 1. The van der Waals surface area contributed by atoms with Crippen LogP contribution in [-0.4, -0.2) is 99.5 Å². The number of ether oxygens (including phenoxy) is 1. The Balaban J connectivity index is 1.45. The van der Waals surface area contributed by atoms with Crippen LogP contribution < -0.4 is 5.32 Å². The molecule has 3 aliphatic rings. The van der Waals surface area contributed by atoms with Gasteiger partial charge < -0.3 is 25.4 Å². The van der Waals surface area contributed by atoms with Crippen molar-refractivity contribution in [3.8, 4) is 0 Å². The zero-order valence-corrected chi connectivity index (χ0v) is 31.0. The van der Waals surface area contributed by atoms with Crippen LogP contribution in [0.2, 0.25) is 0 Å². The second-order valence-corrected chi connectivity index (χ2v) is 17.8. The summed E-state index contributed by atoms with van der Waals surface area (Å²) in [7, 11) is 0. The summed E-state index contributed by atoms with van der Waals surface area (Å²) < 4.78 is 8.24. The number of hydrogen-bond acceptors (Lipinski definition) is 8. The highest BCUT2D eigenvalue weighted by Gasteiger charge is 2.50. The summed E-state index contributed by atoms with van der Waals surface area (Å²) in [6, 6.07) is -0.182. The van der Waals surface area contributed by atoms with E-state index in [9.17, 15) is 15.2 Å². The molecule has 3 unspecified atom stereocenters. The van der Waals surface area contributed by atoms with Crippen LogP contribution in [0.5, 0.6) is 0 Å². The van der Waals surface area contributed by atoms with E-state index < -0.39 is 22.2 Å². The Kier molecular flexibility index (Phi) is 10.4. The third kappa shape index (κ3) is 7.91. The molecule has 0 radical (unpaired) electrons. The summed E-state index contributed by atoms with van der Waals surface area (Å²) >= 11 is 0. The Labute approximate surface area is 278 Å². The molecular formula is C35H65N7O4. The van der Waals surface area contributed by atoms with Crippen LogP contribution in [0, 0.1) is 5.92 Å². The predicted molar refractivity (Wildman–Crippen MR) is 180 cm³/mol. The van der Waals surface area contributed by atoms with Gasteiger partial charge in [0.15, 0.2) is 0 Å². The smallest absolute Gasteiger partial charge is 0.317 e. The molecule has 2 amide bonds. The number of nitrogens with one attached hydrogen (secondary N) is 1. The highest BCUT2D eigenvalue weighted by atomic mass is 16.5. The normalized spacial score (nSPS) is 29.3. The fraction of sp³-hybridized carbons (Fsp3) is 0.914. The Hall–Kier alpha value is -1.79. The molecule has 4 rings (SSSR count). The van der Waals surface area contributed by atoms with E-state index in [-0.39, 0.29) is 29.3 Å². The minimum atomic E-state index is -0.483. The first-order valence-electron chi connectivity index (χ1n) is 17.7. The minimum absolute atomic E-state index is 0.0289. The number of amides is 2. The van der Waals surface area contributed by atoms with E-state index in [1.807, 2.05) is 65.0 Å². The number of carbonyl (C=O) groups excluding carboxylic acids is 1. The Morgan fingerprint density at radius 2 is 1.50 bits per heavy atom. The van der Waals surface area contributed by atoms with E-state index in [0.29, 0.717) is 51.2 Å². The quantitative estimate of drug-likeness (QED) is 0.239. The van der Waals surface area contributed by atoms with Gasteiger partial charge in [0.1, 0.15) is 0 Å². The van der Waals surface area contributed by atoms with E-state index in [0.717, 1.165) is 31.4 Å². The van der Waals surface area contributed by atoms with Crippen molar-refractivity contribution in [2.45, 2.75) is 186 Å². The van der Waals surface area contributed by atoms with Crippen LogP contribution in [0.4, 0.5) is 4.79 Å². The lowest BCUT2D eigenvalue weighted by atomic mass is 9.78. The van der Waals surface area contributed by atoms with Crippen molar-refractivity contribution in [1.29, 1.82) is 0 Å². The zero-order valence-electron chi connectivity index (χ0n) is 31.0. The number of hydroxylamine groups is 4. The molecule has 46 heavy (non-hydrogen) atoms. The molecule has 3 heterocycles. The van der Waals surface area contributed by atoms with Gasteiger partial charge in [0.25, 0.3) is 0 Å². The third-order valence-corrected chi connectivity index (χ3v) is 11.6. The number of piperidine rings is 2. The number of carbonyl (C=O) groups is 1. The summed E-state index contributed by atoms with van der Waals surface area (Å²) in [5, 5.41) is 37.2. The third-order valence-electron chi connectivity index (χ3n) is 11.6. The van der Waals surface area contributed by atoms with Gasteiger partial charge in [-0.25, -0.2) is 9.48 Å². The maximum atomic E-state index is 14.1. The molecule has 1 aromatic heterocycles. The second-order valence-electron chi connectivity index (χ2n) is 17.8. The van der Waals surface area contributed by atoms with Crippen molar-refractivity contribution in [2.24, 2.45) is 5.92 Å². The highest BCUT2D eigenvalue weighted by Crippen LogP contribution is 2.46. The Morgan fingerprint density at radius 1 is 0.978 bits per heavy atom. The molecule has 1 aliphatic carbocycles. The molecule has 3 fully saturated rings. The van der Waals surface area contributed by atoms with Gasteiger partial charge in [0.05, 0.1) is 16.8 Å². The van der Waals surface area contributed by atoms with Crippen LogP contribution in [0.1, 0.15) is 140 Å². The van der Waals surface area contributed by atoms with Gasteiger partial charge in [-0.15, -0.1) is 5.10 Å². The fourth-order valence-corrected chi connectivity index (χ4v) is 8.33. The van der Waals surface area contributed by atoms with Gasteiger partial charge in [-0.2, -0.15) is 10.1 Å². The van der Waals surface area contributed by atoms with Gasteiger partial charge in [-0.05, 0) is 133 Å². The molecular weight excluding hydrogens is 582 g/mol. The van der Waals surface area contributed by atoms with Crippen LogP contribution in [0.15, 0.2) is 6.20 Å². The molecule has 264 valence electrons. The molecule has 0 spiro atoms. The molecule has 11 nitrogen and oxygen atoms in total. The van der Waals surface area contributed by atoms with Crippen molar-refractivity contribution in [1.82, 2.24) is 35.3 Å². The van der Waals surface area contributed by atoms with Crippen molar-refractivity contribution >= 4 is 6.03 Å². The molecule has 11 heteroatoms. The van der Waals surface area contributed by atoms with Crippen molar-refractivity contribution in [2.75, 3.05) is 13.2 Å². The van der Waals surface area contributed by atoms with Gasteiger partial charge in [-0.1, -0.05) is 19.1 Å². The van der Waals surface area contributed by atoms with Crippen molar-refractivity contribution < 1.29 is 19.9 Å². The predicted octanol–water partition coefficient (Wildman–Crippen LogP) is 6.37. The topological polar surface area (TPSA) is 119 Å². The fourth-order valence-electron chi connectivity index (χ4n) is 8.33. The monoisotopic (exact) mass is 648 g/mol. The summed E-state index contributed by atoms with van der Waals surface area (Å²) in [5.41, 5.74) is -1.11. The SMILES string of the molecule is CCC(C)(CCOC1(C)CC1C)n1cc(CCCN(C(=O)NC2CC(C)(C)N(O)C(C)(C)C2)C2CC(C)(C)N(O)C(C)(C)C2)nn1. The van der Waals surface area contributed by atoms with Gasteiger partial charge in [0.2, 0.25) is 0 Å². The Morgan fingerprint density at radius 3 is 2.00 bits per heavy atom. The lowest BCUT2D eigenvalue weighted by Crippen LogP contribution is -2.66. The minimum Gasteiger partial charge on any atom is -0.375 e. The molecule has 0 aromatic carbocycles. The lowest BCUT2D eigenvalue weighted by Gasteiger charge is -2.54. The first-order valence-corrected chi connectivity index (χ1v) is 17.7. The molecule has 2 aliphatic heterocycles. The highest BCUT2D eigenvalue weighted by molar-refractivity contribution is 5.75. The largest absolute Gasteiger partial charge is 0.375 e. The zero-order chi connectivity index (χ0) is 34.5. The van der Waals surface area contributed by atoms with Crippen LogP contribution in [-0.2, 0) is 16.7 Å². The van der Waals surface area contributed by atoms with Crippen LogP contribution in [0.3, 0.4) is 0 Å². The maximum Gasteiger partial charge on any atom is 0.317 e. The molecule has 3 atom stereocenters. The van der Waals surface area contributed by atoms with E-state index in [4.69, 9.17) is 4.74 Å². The van der Waals surface area contributed by atoms with E-state index >= 15 is 0 Å². The molecule has 1 saturated carbocycles. The van der Waals surface area contributed by atoms with Crippen molar-refractivity contribution in [3.63, 3.8) is 0 Å². The number of aryl methyl sites for hydroxylation is 1. The molecule has 0 bridgehead atoms. The van der Waals surface area contributed by atoms with Crippen LogP contribution in [0.25, 0.3) is 0 Å². The number of nitrogens with zero attached hydrogens (tertiary/aromatic N) is 6. The van der Waals surface area contributed by atoms with E-state index in [1.54, 1.807) is 0 Å².